The summed E-state index contributed by atoms with van der Waals surface area (Å²) in [7, 11) is 0. The minimum absolute atomic E-state index is 0.0743. The predicted octanol–water partition coefficient (Wildman–Crippen LogP) is 3.55. The molecule has 0 saturated carbocycles. The first-order valence-corrected chi connectivity index (χ1v) is 7.77. The third kappa shape index (κ3) is 2.14. The van der Waals surface area contributed by atoms with Crippen LogP contribution in [-0.4, -0.2) is 0 Å². The standard InChI is InChI=1S/C14H15BrN2S/c15-12-6-7-18-14(12)13(17-16)11-5-4-9-2-1-3-10(9)8-11/h4-8,13,17H,1-3,16H2. The number of rotatable bonds is 3. The fourth-order valence-corrected chi connectivity index (χ4v) is 4.29. The Labute approximate surface area is 119 Å². The van der Waals surface area contributed by atoms with Crippen LogP contribution in [0.2, 0.25) is 0 Å². The van der Waals surface area contributed by atoms with Crippen LogP contribution < -0.4 is 11.3 Å². The molecule has 3 N–H and O–H groups in total. The Morgan fingerprint density at radius 2 is 2.06 bits per heavy atom. The van der Waals surface area contributed by atoms with E-state index in [0.717, 1.165) is 4.47 Å². The summed E-state index contributed by atoms with van der Waals surface area (Å²) in [5.74, 6) is 5.75. The Balaban J connectivity index is 2.00. The van der Waals surface area contributed by atoms with Gasteiger partial charge in [-0.15, -0.1) is 11.3 Å². The highest BCUT2D eigenvalue weighted by Crippen LogP contribution is 2.34. The SMILES string of the molecule is NNC(c1ccc2c(c1)CCC2)c1sccc1Br. The number of thiophene rings is 1. The average molecular weight is 323 g/mol. The van der Waals surface area contributed by atoms with Crippen molar-refractivity contribution in [1.29, 1.82) is 0 Å². The smallest absolute Gasteiger partial charge is 0.0813 e. The van der Waals surface area contributed by atoms with Crippen molar-refractivity contribution in [2.45, 2.75) is 25.3 Å². The zero-order valence-corrected chi connectivity index (χ0v) is 12.4. The van der Waals surface area contributed by atoms with Gasteiger partial charge in [-0.25, -0.2) is 5.43 Å². The maximum atomic E-state index is 5.75. The first kappa shape index (κ1) is 12.4. The molecule has 1 atom stereocenters. The first-order valence-electron chi connectivity index (χ1n) is 6.10. The second-order valence-corrected chi connectivity index (χ2v) is 6.42. The quantitative estimate of drug-likeness (QED) is 0.670. The summed E-state index contributed by atoms with van der Waals surface area (Å²) in [6, 6.07) is 8.89. The van der Waals surface area contributed by atoms with Crippen molar-refractivity contribution in [1.82, 2.24) is 5.43 Å². The number of hydrogen-bond acceptors (Lipinski definition) is 3. The lowest BCUT2D eigenvalue weighted by atomic mass is 10.0. The van der Waals surface area contributed by atoms with Crippen LogP contribution in [0.4, 0.5) is 0 Å². The molecule has 3 rings (SSSR count). The van der Waals surface area contributed by atoms with E-state index in [1.165, 1.54) is 40.8 Å². The Bertz CT molecular complexity index is 565. The van der Waals surface area contributed by atoms with E-state index >= 15 is 0 Å². The molecule has 0 radical (unpaired) electrons. The van der Waals surface area contributed by atoms with E-state index in [4.69, 9.17) is 5.84 Å². The lowest BCUT2D eigenvalue weighted by Crippen LogP contribution is -2.28. The summed E-state index contributed by atoms with van der Waals surface area (Å²) >= 11 is 5.30. The highest BCUT2D eigenvalue weighted by molar-refractivity contribution is 9.10. The molecule has 0 aliphatic heterocycles. The fourth-order valence-electron chi connectivity index (χ4n) is 2.61. The molecule has 18 heavy (non-hydrogen) atoms. The van der Waals surface area contributed by atoms with E-state index in [-0.39, 0.29) is 6.04 Å². The van der Waals surface area contributed by atoms with E-state index in [1.807, 2.05) is 0 Å². The number of nitrogens with one attached hydrogen (secondary N) is 1. The van der Waals surface area contributed by atoms with Crippen molar-refractivity contribution >= 4 is 27.3 Å². The van der Waals surface area contributed by atoms with E-state index in [1.54, 1.807) is 11.3 Å². The van der Waals surface area contributed by atoms with Crippen LogP contribution >= 0.6 is 27.3 Å². The second-order valence-electron chi connectivity index (χ2n) is 4.61. The number of halogens is 1. The van der Waals surface area contributed by atoms with Crippen LogP contribution in [0.3, 0.4) is 0 Å². The highest BCUT2D eigenvalue weighted by atomic mass is 79.9. The van der Waals surface area contributed by atoms with E-state index in [0.29, 0.717) is 0 Å². The summed E-state index contributed by atoms with van der Waals surface area (Å²) < 4.78 is 1.12. The second kappa shape index (κ2) is 5.13. The largest absolute Gasteiger partial charge is 0.271 e. The van der Waals surface area contributed by atoms with Crippen LogP contribution in [0.1, 0.15) is 34.0 Å². The Morgan fingerprint density at radius 1 is 1.22 bits per heavy atom. The summed E-state index contributed by atoms with van der Waals surface area (Å²) in [5.41, 5.74) is 7.17. The summed E-state index contributed by atoms with van der Waals surface area (Å²) in [4.78, 5) is 1.23. The van der Waals surface area contributed by atoms with Crippen LogP contribution in [0, 0.1) is 0 Å². The summed E-state index contributed by atoms with van der Waals surface area (Å²) in [5, 5.41) is 2.08. The van der Waals surface area contributed by atoms with Crippen LogP contribution in [0.5, 0.6) is 0 Å². The molecule has 1 heterocycles. The van der Waals surface area contributed by atoms with E-state index in [9.17, 15) is 0 Å². The van der Waals surface area contributed by atoms with Gasteiger partial charge in [0.15, 0.2) is 0 Å². The number of aryl methyl sites for hydroxylation is 2. The van der Waals surface area contributed by atoms with E-state index in [2.05, 4.69) is 51.0 Å². The molecule has 2 aromatic rings. The minimum atomic E-state index is 0.0743. The van der Waals surface area contributed by atoms with Crippen LogP contribution in [0.25, 0.3) is 0 Å². The molecule has 1 unspecified atom stereocenters. The number of fused-ring (bicyclic) bond motifs is 1. The van der Waals surface area contributed by atoms with Gasteiger partial charge in [-0.05, 0) is 63.3 Å². The van der Waals surface area contributed by atoms with Gasteiger partial charge in [0.05, 0.1) is 6.04 Å². The fraction of sp³-hybridized carbons (Fsp3) is 0.286. The van der Waals surface area contributed by atoms with Crippen molar-refractivity contribution in [3.63, 3.8) is 0 Å². The Hall–Kier alpha value is -0.680. The Kier molecular flexibility index (Phi) is 3.52. The zero-order valence-electron chi connectivity index (χ0n) is 9.95. The van der Waals surface area contributed by atoms with Gasteiger partial charge >= 0.3 is 0 Å². The Morgan fingerprint density at radius 3 is 2.78 bits per heavy atom. The van der Waals surface area contributed by atoms with Gasteiger partial charge in [-0.3, -0.25) is 5.84 Å². The van der Waals surface area contributed by atoms with Crippen LogP contribution in [-0.2, 0) is 12.8 Å². The normalized spacial score (nSPS) is 15.7. The molecule has 0 saturated heterocycles. The predicted molar refractivity (Wildman–Crippen MR) is 79.7 cm³/mol. The van der Waals surface area contributed by atoms with Gasteiger partial charge in [0.25, 0.3) is 0 Å². The maximum absolute atomic E-state index is 5.75. The highest BCUT2D eigenvalue weighted by Gasteiger charge is 2.19. The molecule has 0 fully saturated rings. The molecule has 1 aliphatic carbocycles. The van der Waals surface area contributed by atoms with E-state index < -0.39 is 0 Å². The first-order chi connectivity index (χ1) is 8.79. The molecule has 0 bridgehead atoms. The summed E-state index contributed by atoms with van der Waals surface area (Å²) in [6.45, 7) is 0. The van der Waals surface area contributed by atoms with Crippen molar-refractivity contribution in [2.24, 2.45) is 5.84 Å². The number of nitrogens with two attached hydrogens (primary N) is 1. The molecular weight excluding hydrogens is 308 g/mol. The van der Waals surface area contributed by atoms with Crippen molar-refractivity contribution in [3.8, 4) is 0 Å². The van der Waals surface area contributed by atoms with Gasteiger partial charge in [0.2, 0.25) is 0 Å². The topological polar surface area (TPSA) is 38.0 Å². The third-order valence-electron chi connectivity index (χ3n) is 3.53. The van der Waals surface area contributed by atoms with Crippen LogP contribution in [0.15, 0.2) is 34.1 Å². The molecule has 94 valence electrons. The summed E-state index contributed by atoms with van der Waals surface area (Å²) in [6.07, 6.45) is 3.70. The minimum Gasteiger partial charge on any atom is -0.271 e. The third-order valence-corrected chi connectivity index (χ3v) is 5.47. The van der Waals surface area contributed by atoms with Gasteiger partial charge in [-0.2, -0.15) is 0 Å². The van der Waals surface area contributed by atoms with Gasteiger partial charge < -0.3 is 0 Å². The monoisotopic (exact) mass is 322 g/mol. The average Bonchev–Trinajstić information content (AvgIpc) is 2.99. The molecule has 1 aliphatic rings. The molecular formula is C14H15BrN2S. The van der Waals surface area contributed by atoms with Crippen molar-refractivity contribution in [3.05, 3.63) is 55.7 Å². The van der Waals surface area contributed by atoms with Gasteiger partial charge in [0.1, 0.15) is 0 Å². The molecule has 0 amide bonds. The number of benzene rings is 1. The van der Waals surface area contributed by atoms with Gasteiger partial charge in [0, 0.05) is 9.35 Å². The lowest BCUT2D eigenvalue weighted by molar-refractivity contribution is 0.644. The molecule has 1 aromatic heterocycles. The van der Waals surface area contributed by atoms with Crippen molar-refractivity contribution in [2.75, 3.05) is 0 Å². The lowest BCUT2D eigenvalue weighted by Gasteiger charge is -2.16. The molecule has 2 nitrogen and oxygen atoms in total. The number of hydrogen-bond donors (Lipinski definition) is 2. The molecule has 1 aromatic carbocycles. The zero-order chi connectivity index (χ0) is 12.5. The number of hydrazine groups is 1. The van der Waals surface area contributed by atoms with Gasteiger partial charge in [-0.1, -0.05) is 18.2 Å². The van der Waals surface area contributed by atoms with Crippen molar-refractivity contribution < 1.29 is 0 Å². The molecule has 4 heteroatoms. The maximum Gasteiger partial charge on any atom is 0.0813 e. The molecule has 0 spiro atoms.